The van der Waals surface area contributed by atoms with E-state index in [2.05, 4.69) is 10.6 Å². The minimum Gasteiger partial charge on any atom is -0.323 e. The fraction of sp³-hybridized carbons (Fsp3) is 0. The van der Waals surface area contributed by atoms with Gasteiger partial charge in [0.2, 0.25) is 11.8 Å². The molecule has 0 fully saturated rings. The molecule has 30 heavy (non-hydrogen) atoms. The third-order valence-corrected chi connectivity index (χ3v) is 4.52. The van der Waals surface area contributed by atoms with Gasteiger partial charge in [0.1, 0.15) is 0 Å². The minimum absolute atomic E-state index is 0.257. The van der Waals surface area contributed by atoms with Crippen LogP contribution in [0.5, 0.6) is 0 Å². The number of carbonyl (C=O) groups excluding carboxylic acids is 2. The van der Waals surface area contributed by atoms with Crippen LogP contribution < -0.4 is 10.6 Å². The van der Waals surface area contributed by atoms with Crippen molar-refractivity contribution >= 4 is 58.5 Å². The van der Waals surface area contributed by atoms with Crippen molar-refractivity contribution in [3.05, 3.63) is 106 Å². The summed E-state index contributed by atoms with van der Waals surface area (Å²) in [5, 5.41) is 6.82. The van der Waals surface area contributed by atoms with Crippen molar-refractivity contribution < 1.29 is 9.59 Å². The van der Waals surface area contributed by atoms with Crippen molar-refractivity contribution in [2.24, 2.45) is 0 Å². The van der Waals surface area contributed by atoms with E-state index in [1.807, 2.05) is 24.3 Å². The second-order valence-corrected chi connectivity index (χ2v) is 7.20. The number of rotatable bonds is 6. The van der Waals surface area contributed by atoms with Crippen molar-refractivity contribution in [2.75, 3.05) is 10.6 Å². The third kappa shape index (κ3) is 6.92. The molecule has 0 aromatic heterocycles. The molecule has 0 unspecified atom stereocenters. The van der Waals surface area contributed by atoms with E-state index in [0.29, 0.717) is 21.4 Å². The SMILES string of the molecule is O=C(/C=C/c1ccc(Cl)cc1)Nc1ccc(NC(=O)/C=C/c2ccc(Cl)cc2)cc1. The van der Waals surface area contributed by atoms with Crippen molar-refractivity contribution in [1.29, 1.82) is 0 Å². The van der Waals surface area contributed by atoms with Gasteiger partial charge in [-0.2, -0.15) is 0 Å². The Kier molecular flexibility index (Phi) is 7.44. The van der Waals surface area contributed by atoms with Gasteiger partial charge in [0.15, 0.2) is 0 Å². The van der Waals surface area contributed by atoms with E-state index in [1.165, 1.54) is 12.2 Å². The summed E-state index contributed by atoms with van der Waals surface area (Å²) in [6, 6.07) is 21.2. The molecule has 0 heterocycles. The Morgan fingerprint density at radius 1 is 0.567 bits per heavy atom. The smallest absolute Gasteiger partial charge is 0.248 e. The Labute approximate surface area is 184 Å². The van der Waals surface area contributed by atoms with Crippen molar-refractivity contribution in [1.82, 2.24) is 0 Å². The summed E-state index contributed by atoms with van der Waals surface area (Å²) in [4.78, 5) is 24.1. The number of halogens is 2. The summed E-state index contributed by atoms with van der Waals surface area (Å²) in [6.07, 6.45) is 6.29. The minimum atomic E-state index is -0.257. The van der Waals surface area contributed by atoms with Crippen LogP contribution in [0.3, 0.4) is 0 Å². The average molecular weight is 437 g/mol. The summed E-state index contributed by atoms with van der Waals surface area (Å²) in [5.74, 6) is -0.514. The number of hydrogen-bond acceptors (Lipinski definition) is 2. The molecule has 0 radical (unpaired) electrons. The largest absolute Gasteiger partial charge is 0.323 e. The third-order valence-electron chi connectivity index (χ3n) is 4.01. The molecule has 0 aliphatic rings. The van der Waals surface area contributed by atoms with Gasteiger partial charge in [0.05, 0.1) is 0 Å². The molecule has 2 N–H and O–H groups in total. The molecule has 0 spiro atoms. The Hall–Kier alpha value is -3.34. The van der Waals surface area contributed by atoms with E-state index >= 15 is 0 Å². The monoisotopic (exact) mass is 436 g/mol. The first-order valence-electron chi connectivity index (χ1n) is 9.07. The van der Waals surface area contributed by atoms with Gasteiger partial charge in [-0.1, -0.05) is 47.5 Å². The van der Waals surface area contributed by atoms with E-state index in [1.54, 1.807) is 60.7 Å². The first-order chi connectivity index (χ1) is 14.5. The number of nitrogens with one attached hydrogen (secondary N) is 2. The number of hydrogen-bond donors (Lipinski definition) is 2. The van der Waals surface area contributed by atoms with E-state index in [9.17, 15) is 9.59 Å². The number of amides is 2. The lowest BCUT2D eigenvalue weighted by Gasteiger charge is -2.05. The summed E-state index contributed by atoms with van der Waals surface area (Å²) >= 11 is 11.7. The molecule has 150 valence electrons. The zero-order valence-electron chi connectivity index (χ0n) is 15.8. The van der Waals surface area contributed by atoms with E-state index in [-0.39, 0.29) is 11.8 Å². The molecule has 3 aromatic rings. The molecule has 6 heteroatoms. The van der Waals surface area contributed by atoms with Crippen LogP contribution in [-0.2, 0) is 9.59 Å². The summed E-state index contributed by atoms with van der Waals surface area (Å²) in [6.45, 7) is 0. The zero-order chi connectivity index (χ0) is 21.3. The van der Waals surface area contributed by atoms with Gasteiger partial charge in [-0.25, -0.2) is 0 Å². The number of anilines is 2. The van der Waals surface area contributed by atoms with Crippen molar-refractivity contribution in [3.8, 4) is 0 Å². The molecular weight excluding hydrogens is 419 g/mol. The van der Waals surface area contributed by atoms with E-state index in [4.69, 9.17) is 23.2 Å². The van der Waals surface area contributed by atoms with Gasteiger partial charge >= 0.3 is 0 Å². The van der Waals surface area contributed by atoms with Crippen molar-refractivity contribution in [2.45, 2.75) is 0 Å². The maximum absolute atomic E-state index is 12.0. The predicted molar refractivity (Wildman–Crippen MR) is 125 cm³/mol. The molecule has 0 saturated heterocycles. The lowest BCUT2D eigenvalue weighted by Crippen LogP contribution is -2.09. The molecule has 0 atom stereocenters. The second-order valence-electron chi connectivity index (χ2n) is 6.33. The fourth-order valence-electron chi connectivity index (χ4n) is 2.50. The number of carbonyl (C=O) groups is 2. The molecular formula is C24H18Cl2N2O2. The van der Waals surface area contributed by atoms with Gasteiger partial charge in [0.25, 0.3) is 0 Å². The first-order valence-corrected chi connectivity index (χ1v) is 9.83. The van der Waals surface area contributed by atoms with E-state index < -0.39 is 0 Å². The normalized spacial score (nSPS) is 11.0. The molecule has 0 bridgehead atoms. The van der Waals surface area contributed by atoms with Crippen LogP contribution in [0.4, 0.5) is 11.4 Å². The maximum atomic E-state index is 12.0. The maximum Gasteiger partial charge on any atom is 0.248 e. The summed E-state index contributed by atoms with van der Waals surface area (Å²) in [5.41, 5.74) is 2.99. The highest BCUT2D eigenvalue weighted by Crippen LogP contribution is 2.15. The van der Waals surface area contributed by atoms with Gasteiger partial charge in [-0.3, -0.25) is 9.59 Å². The Balaban J connectivity index is 1.51. The van der Waals surface area contributed by atoms with Gasteiger partial charge in [0, 0.05) is 33.6 Å². The second kappa shape index (κ2) is 10.4. The molecule has 0 saturated carbocycles. The molecule has 4 nitrogen and oxygen atoms in total. The lowest BCUT2D eigenvalue weighted by molar-refractivity contribution is -0.112. The highest BCUT2D eigenvalue weighted by Gasteiger charge is 2.01. The average Bonchev–Trinajstić information content (AvgIpc) is 2.74. The van der Waals surface area contributed by atoms with Crippen LogP contribution in [0.15, 0.2) is 84.9 Å². The van der Waals surface area contributed by atoms with E-state index in [0.717, 1.165) is 11.1 Å². The summed E-state index contributed by atoms with van der Waals surface area (Å²) in [7, 11) is 0. The number of benzene rings is 3. The van der Waals surface area contributed by atoms with Crippen molar-refractivity contribution in [3.63, 3.8) is 0 Å². The van der Waals surface area contributed by atoms with Crippen LogP contribution >= 0.6 is 23.2 Å². The Morgan fingerprint density at radius 3 is 1.23 bits per heavy atom. The molecule has 0 aliphatic carbocycles. The first kappa shape index (κ1) is 21.4. The van der Waals surface area contributed by atoms with Crippen LogP contribution in [-0.4, -0.2) is 11.8 Å². The topological polar surface area (TPSA) is 58.2 Å². The molecule has 3 aromatic carbocycles. The van der Waals surface area contributed by atoms with Crippen LogP contribution in [0.1, 0.15) is 11.1 Å². The lowest BCUT2D eigenvalue weighted by atomic mass is 10.2. The highest BCUT2D eigenvalue weighted by atomic mass is 35.5. The highest BCUT2D eigenvalue weighted by molar-refractivity contribution is 6.30. The zero-order valence-corrected chi connectivity index (χ0v) is 17.3. The quantitative estimate of drug-likeness (QED) is 0.445. The molecule has 0 aliphatic heterocycles. The standard InChI is InChI=1S/C24H18Cl2N2O2/c25-19-7-1-17(2-8-19)5-15-23(29)27-21-11-13-22(14-12-21)28-24(30)16-6-18-3-9-20(26)10-4-18/h1-16H,(H,27,29)(H,28,30)/b15-5+,16-6+. The Bertz CT molecular complexity index is 983. The predicted octanol–water partition coefficient (Wildman–Crippen LogP) is 6.30. The fourth-order valence-corrected chi connectivity index (χ4v) is 2.75. The molecule has 3 rings (SSSR count). The van der Waals surface area contributed by atoms with Crippen LogP contribution in [0.25, 0.3) is 12.2 Å². The van der Waals surface area contributed by atoms with Gasteiger partial charge in [-0.15, -0.1) is 0 Å². The van der Waals surface area contributed by atoms with Gasteiger partial charge in [-0.05, 0) is 71.8 Å². The summed E-state index contributed by atoms with van der Waals surface area (Å²) < 4.78 is 0. The van der Waals surface area contributed by atoms with Crippen LogP contribution in [0.2, 0.25) is 10.0 Å². The Morgan fingerprint density at radius 2 is 0.900 bits per heavy atom. The van der Waals surface area contributed by atoms with Crippen LogP contribution in [0, 0.1) is 0 Å². The molecule has 2 amide bonds. The van der Waals surface area contributed by atoms with Gasteiger partial charge < -0.3 is 10.6 Å².